The Bertz CT molecular complexity index is 363. The van der Waals surface area contributed by atoms with E-state index in [1.54, 1.807) is 18.3 Å². The van der Waals surface area contributed by atoms with E-state index in [4.69, 9.17) is 0 Å². The second kappa shape index (κ2) is 6.35. The van der Waals surface area contributed by atoms with Gasteiger partial charge in [-0.15, -0.1) is 0 Å². The fraction of sp³-hybridized carbons (Fsp3) is 0.273. The number of carbonyl (C=O) groups is 1. The first-order chi connectivity index (χ1) is 7.24. The molecule has 0 unspecified atom stereocenters. The van der Waals surface area contributed by atoms with Crippen LogP contribution in [0, 0.1) is 0 Å². The summed E-state index contributed by atoms with van der Waals surface area (Å²) >= 11 is 3.31. The van der Waals surface area contributed by atoms with Gasteiger partial charge < -0.3 is 0 Å². The zero-order valence-corrected chi connectivity index (χ0v) is 10.1. The molecule has 0 aliphatic carbocycles. The molecule has 80 valence electrons. The minimum absolute atomic E-state index is 0.191. The zero-order valence-electron chi connectivity index (χ0n) is 8.53. The van der Waals surface area contributed by atoms with Gasteiger partial charge >= 0.3 is 0 Å². The summed E-state index contributed by atoms with van der Waals surface area (Å²) in [5.41, 5.74) is 3.07. The highest BCUT2D eigenvalue weighted by atomic mass is 79.9. The topological polar surface area (TPSA) is 41.5 Å². The van der Waals surface area contributed by atoms with Gasteiger partial charge in [0.2, 0.25) is 0 Å². The molecule has 0 spiro atoms. The highest BCUT2D eigenvalue weighted by Crippen LogP contribution is 2.11. The third kappa shape index (κ3) is 4.25. The maximum Gasteiger partial charge on any atom is 0.271 e. The van der Waals surface area contributed by atoms with E-state index in [0.29, 0.717) is 5.56 Å². The fourth-order valence-electron chi connectivity index (χ4n) is 0.992. The van der Waals surface area contributed by atoms with Crippen LogP contribution in [-0.4, -0.2) is 12.1 Å². The average Bonchev–Trinajstić information content (AvgIpc) is 2.24. The van der Waals surface area contributed by atoms with E-state index >= 15 is 0 Å². The van der Waals surface area contributed by atoms with E-state index in [0.717, 1.165) is 17.3 Å². The largest absolute Gasteiger partial charge is 0.271 e. The number of amides is 1. The van der Waals surface area contributed by atoms with Crippen molar-refractivity contribution in [2.24, 2.45) is 5.10 Å². The molecule has 0 aromatic heterocycles. The highest BCUT2D eigenvalue weighted by molar-refractivity contribution is 9.10. The summed E-state index contributed by atoms with van der Waals surface area (Å²) in [7, 11) is 0. The minimum Gasteiger partial charge on any atom is -0.267 e. The van der Waals surface area contributed by atoms with Crippen LogP contribution in [0.2, 0.25) is 0 Å². The Hall–Kier alpha value is -1.16. The Morgan fingerprint density at radius 1 is 1.60 bits per heavy atom. The summed E-state index contributed by atoms with van der Waals surface area (Å²) in [4.78, 5) is 11.5. The van der Waals surface area contributed by atoms with E-state index < -0.39 is 0 Å². The third-order valence-corrected chi connectivity index (χ3v) is 2.26. The minimum atomic E-state index is -0.191. The summed E-state index contributed by atoms with van der Waals surface area (Å²) in [6, 6.07) is 7.19. The van der Waals surface area contributed by atoms with E-state index in [2.05, 4.69) is 33.4 Å². The second-order valence-corrected chi connectivity index (χ2v) is 3.97. The molecule has 4 heteroatoms. The summed E-state index contributed by atoms with van der Waals surface area (Å²) in [6.07, 6.45) is 3.60. The number of halogens is 1. The molecule has 0 saturated carbocycles. The number of hydrogen-bond donors (Lipinski definition) is 1. The van der Waals surface area contributed by atoms with Gasteiger partial charge in [0.25, 0.3) is 5.91 Å². The van der Waals surface area contributed by atoms with Gasteiger partial charge in [0, 0.05) is 16.3 Å². The standard InChI is InChI=1S/C11H13BrN2O/c1-2-3-7-13-14-11(15)9-5-4-6-10(12)8-9/h4-8H,2-3H2,1H3,(H,14,15)/b13-7+. The third-order valence-electron chi connectivity index (χ3n) is 1.76. The molecule has 0 radical (unpaired) electrons. The van der Waals surface area contributed by atoms with Crippen LogP contribution in [0.1, 0.15) is 30.1 Å². The predicted octanol–water partition coefficient (Wildman–Crippen LogP) is 2.96. The molecule has 1 N–H and O–H groups in total. The van der Waals surface area contributed by atoms with Crippen molar-refractivity contribution in [2.75, 3.05) is 0 Å². The van der Waals surface area contributed by atoms with E-state index in [1.165, 1.54) is 0 Å². The fourth-order valence-corrected chi connectivity index (χ4v) is 1.39. The maximum atomic E-state index is 11.5. The van der Waals surface area contributed by atoms with Crippen molar-refractivity contribution < 1.29 is 4.79 Å². The van der Waals surface area contributed by atoms with Crippen LogP contribution in [0.25, 0.3) is 0 Å². The molecule has 0 atom stereocenters. The lowest BCUT2D eigenvalue weighted by atomic mass is 10.2. The monoisotopic (exact) mass is 268 g/mol. The molecule has 0 aliphatic rings. The number of unbranched alkanes of at least 4 members (excludes halogenated alkanes) is 1. The van der Waals surface area contributed by atoms with Gasteiger partial charge in [-0.05, 0) is 24.6 Å². The molecule has 0 saturated heterocycles. The normalized spacial score (nSPS) is 10.5. The number of hydrazone groups is 1. The summed E-state index contributed by atoms with van der Waals surface area (Å²) < 4.78 is 0.882. The van der Waals surface area contributed by atoms with Crippen molar-refractivity contribution in [3.8, 4) is 0 Å². The Morgan fingerprint density at radius 2 is 2.40 bits per heavy atom. The molecule has 3 nitrogen and oxygen atoms in total. The van der Waals surface area contributed by atoms with Gasteiger partial charge in [0.05, 0.1) is 0 Å². The van der Waals surface area contributed by atoms with Crippen LogP contribution in [-0.2, 0) is 0 Å². The number of rotatable bonds is 4. The first-order valence-corrected chi connectivity index (χ1v) is 5.60. The molecule has 0 aliphatic heterocycles. The number of hydrogen-bond acceptors (Lipinski definition) is 2. The van der Waals surface area contributed by atoms with Crippen LogP contribution in [0.5, 0.6) is 0 Å². The predicted molar refractivity (Wildman–Crippen MR) is 65.0 cm³/mol. The molecule has 0 fully saturated rings. The van der Waals surface area contributed by atoms with E-state index in [1.807, 2.05) is 12.1 Å². The summed E-state index contributed by atoms with van der Waals surface area (Å²) in [6.45, 7) is 2.06. The molecule has 15 heavy (non-hydrogen) atoms. The van der Waals surface area contributed by atoms with Crippen molar-refractivity contribution in [3.05, 3.63) is 34.3 Å². The maximum absolute atomic E-state index is 11.5. The smallest absolute Gasteiger partial charge is 0.267 e. The number of nitrogens with zero attached hydrogens (tertiary/aromatic N) is 1. The number of benzene rings is 1. The van der Waals surface area contributed by atoms with Crippen molar-refractivity contribution in [3.63, 3.8) is 0 Å². The summed E-state index contributed by atoms with van der Waals surface area (Å²) in [5, 5.41) is 3.83. The molecule has 0 bridgehead atoms. The Labute approximate surface area is 97.7 Å². The average molecular weight is 269 g/mol. The first kappa shape index (κ1) is 11.9. The van der Waals surface area contributed by atoms with Crippen molar-refractivity contribution in [1.82, 2.24) is 5.43 Å². The molecular weight excluding hydrogens is 256 g/mol. The first-order valence-electron chi connectivity index (χ1n) is 4.81. The van der Waals surface area contributed by atoms with Gasteiger partial charge in [0.1, 0.15) is 0 Å². The molecule has 1 amide bonds. The van der Waals surface area contributed by atoms with Gasteiger partial charge in [-0.1, -0.05) is 35.3 Å². The molecule has 1 aromatic carbocycles. The lowest BCUT2D eigenvalue weighted by Gasteiger charge is -1.99. The Morgan fingerprint density at radius 3 is 3.07 bits per heavy atom. The summed E-state index contributed by atoms with van der Waals surface area (Å²) in [5.74, 6) is -0.191. The van der Waals surface area contributed by atoms with Gasteiger partial charge in [-0.2, -0.15) is 5.10 Å². The quantitative estimate of drug-likeness (QED) is 0.662. The lowest BCUT2D eigenvalue weighted by Crippen LogP contribution is -2.17. The van der Waals surface area contributed by atoms with Crippen molar-refractivity contribution in [1.29, 1.82) is 0 Å². The van der Waals surface area contributed by atoms with Crippen molar-refractivity contribution in [2.45, 2.75) is 19.8 Å². The number of carbonyl (C=O) groups excluding carboxylic acids is 1. The highest BCUT2D eigenvalue weighted by Gasteiger charge is 2.03. The SMILES string of the molecule is CCC/C=N/NC(=O)c1cccc(Br)c1. The lowest BCUT2D eigenvalue weighted by molar-refractivity contribution is 0.0955. The second-order valence-electron chi connectivity index (χ2n) is 3.05. The van der Waals surface area contributed by atoms with Crippen LogP contribution >= 0.6 is 15.9 Å². The van der Waals surface area contributed by atoms with Crippen LogP contribution in [0.4, 0.5) is 0 Å². The van der Waals surface area contributed by atoms with Crippen LogP contribution < -0.4 is 5.43 Å². The Balaban J connectivity index is 2.54. The van der Waals surface area contributed by atoms with E-state index in [-0.39, 0.29) is 5.91 Å². The van der Waals surface area contributed by atoms with Crippen LogP contribution in [0.15, 0.2) is 33.8 Å². The van der Waals surface area contributed by atoms with Gasteiger partial charge in [-0.25, -0.2) is 5.43 Å². The Kier molecular flexibility index (Phi) is 5.04. The molecule has 1 rings (SSSR count). The molecule has 1 aromatic rings. The molecular formula is C11H13BrN2O. The van der Waals surface area contributed by atoms with Crippen molar-refractivity contribution >= 4 is 28.1 Å². The zero-order chi connectivity index (χ0) is 11.1. The van der Waals surface area contributed by atoms with Crippen LogP contribution in [0.3, 0.4) is 0 Å². The van der Waals surface area contributed by atoms with Gasteiger partial charge in [0.15, 0.2) is 0 Å². The molecule has 0 heterocycles. The van der Waals surface area contributed by atoms with E-state index in [9.17, 15) is 4.79 Å². The number of nitrogens with one attached hydrogen (secondary N) is 1. The van der Waals surface area contributed by atoms with Gasteiger partial charge in [-0.3, -0.25) is 4.79 Å².